The van der Waals surface area contributed by atoms with Crippen LogP contribution in [0.5, 0.6) is 0 Å². The Hall–Kier alpha value is -0.480. The zero-order valence-electron chi connectivity index (χ0n) is 9.04. The zero-order chi connectivity index (χ0) is 10.5. The van der Waals surface area contributed by atoms with E-state index in [4.69, 9.17) is 5.73 Å². The monoisotopic (exact) mass is 225 g/mol. The second-order valence-corrected chi connectivity index (χ2v) is 5.31. The minimum absolute atomic E-state index is 0.710. The molecule has 84 valence electrons. The van der Waals surface area contributed by atoms with Gasteiger partial charge in [-0.3, -0.25) is 5.10 Å². The van der Waals surface area contributed by atoms with Crippen LogP contribution in [0.15, 0.2) is 6.20 Å². The van der Waals surface area contributed by atoms with Crippen LogP contribution in [-0.4, -0.2) is 28.2 Å². The van der Waals surface area contributed by atoms with E-state index in [9.17, 15) is 0 Å². The molecule has 1 aromatic rings. The number of hydrogen-bond acceptors (Lipinski definition) is 3. The molecule has 3 nitrogen and oxygen atoms in total. The number of hydrogen-bond donors (Lipinski definition) is 2. The summed E-state index contributed by atoms with van der Waals surface area (Å²) in [6.45, 7) is 0.769. The molecular weight excluding hydrogens is 206 g/mol. The highest BCUT2D eigenvalue weighted by Crippen LogP contribution is 2.32. The summed E-state index contributed by atoms with van der Waals surface area (Å²) < 4.78 is 0. The summed E-state index contributed by atoms with van der Waals surface area (Å²) in [5.74, 6) is 3.29. The van der Waals surface area contributed by atoms with Crippen molar-refractivity contribution in [3.8, 4) is 0 Å². The largest absolute Gasteiger partial charge is 0.330 e. The van der Waals surface area contributed by atoms with Gasteiger partial charge in [-0.2, -0.15) is 16.9 Å². The van der Waals surface area contributed by atoms with Gasteiger partial charge < -0.3 is 5.73 Å². The molecule has 2 rings (SSSR count). The van der Waals surface area contributed by atoms with Crippen molar-refractivity contribution >= 4 is 11.8 Å². The number of rotatable bonds is 4. The predicted octanol–water partition coefficient (Wildman–Crippen LogP) is 1.91. The van der Waals surface area contributed by atoms with Gasteiger partial charge in [0, 0.05) is 11.6 Å². The number of nitrogens with two attached hydrogens (primary N) is 1. The van der Waals surface area contributed by atoms with Gasteiger partial charge in [0.1, 0.15) is 0 Å². The van der Waals surface area contributed by atoms with Crippen molar-refractivity contribution in [2.75, 3.05) is 18.1 Å². The van der Waals surface area contributed by atoms with Gasteiger partial charge >= 0.3 is 0 Å². The lowest BCUT2D eigenvalue weighted by atomic mass is 9.94. The third-order valence-electron chi connectivity index (χ3n) is 3.03. The van der Waals surface area contributed by atoms with Crippen LogP contribution in [0.4, 0.5) is 0 Å². The SMILES string of the molecule is NCCCc1cn[nH]c1C1CCSCC1. The average molecular weight is 225 g/mol. The number of H-pyrrole nitrogens is 1. The van der Waals surface area contributed by atoms with Crippen LogP contribution in [0.2, 0.25) is 0 Å². The van der Waals surface area contributed by atoms with Crippen molar-refractivity contribution in [1.82, 2.24) is 10.2 Å². The number of aromatic amines is 1. The number of thioether (sulfide) groups is 1. The molecule has 15 heavy (non-hydrogen) atoms. The van der Waals surface area contributed by atoms with Crippen LogP contribution in [0.1, 0.15) is 36.4 Å². The molecule has 1 aliphatic rings. The molecule has 1 fully saturated rings. The number of aryl methyl sites for hydroxylation is 1. The van der Waals surface area contributed by atoms with Crippen LogP contribution >= 0.6 is 11.8 Å². The molecule has 0 saturated carbocycles. The molecule has 1 saturated heterocycles. The number of aromatic nitrogens is 2. The maximum Gasteiger partial charge on any atom is 0.0522 e. The van der Waals surface area contributed by atoms with E-state index in [1.165, 1.54) is 35.6 Å². The Balaban J connectivity index is 2.02. The molecule has 3 N–H and O–H groups in total. The second-order valence-electron chi connectivity index (χ2n) is 4.09. The van der Waals surface area contributed by atoms with Crippen LogP contribution in [0.3, 0.4) is 0 Å². The average Bonchev–Trinajstić information content (AvgIpc) is 2.75. The number of nitrogens with one attached hydrogen (secondary N) is 1. The molecule has 1 aromatic heterocycles. The van der Waals surface area contributed by atoms with Crippen molar-refractivity contribution in [3.63, 3.8) is 0 Å². The van der Waals surface area contributed by atoms with E-state index < -0.39 is 0 Å². The van der Waals surface area contributed by atoms with E-state index in [1.807, 2.05) is 6.20 Å². The van der Waals surface area contributed by atoms with E-state index in [1.54, 1.807) is 0 Å². The summed E-state index contributed by atoms with van der Waals surface area (Å²) in [6, 6.07) is 0. The molecule has 0 amide bonds. The van der Waals surface area contributed by atoms with E-state index in [0.717, 1.165) is 19.4 Å². The highest BCUT2D eigenvalue weighted by atomic mass is 32.2. The Morgan fingerprint density at radius 2 is 2.27 bits per heavy atom. The van der Waals surface area contributed by atoms with Gasteiger partial charge in [0.2, 0.25) is 0 Å². The van der Waals surface area contributed by atoms with Crippen molar-refractivity contribution in [1.29, 1.82) is 0 Å². The van der Waals surface area contributed by atoms with Crippen LogP contribution in [0.25, 0.3) is 0 Å². The highest BCUT2D eigenvalue weighted by Gasteiger charge is 2.19. The summed E-state index contributed by atoms with van der Waals surface area (Å²) in [4.78, 5) is 0. The zero-order valence-corrected chi connectivity index (χ0v) is 9.85. The molecule has 0 unspecified atom stereocenters. The van der Waals surface area contributed by atoms with Crippen molar-refractivity contribution in [3.05, 3.63) is 17.5 Å². The van der Waals surface area contributed by atoms with Crippen molar-refractivity contribution in [2.24, 2.45) is 5.73 Å². The normalized spacial score (nSPS) is 18.2. The van der Waals surface area contributed by atoms with Gasteiger partial charge in [-0.1, -0.05) is 0 Å². The third kappa shape index (κ3) is 2.75. The Kier molecular flexibility index (Phi) is 4.09. The van der Waals surface area contributed by atoms with Gasteiger partial charge in [-0.05, 0) is 49.3 Å². The van der Waals surface area contributed by atoms with Crippen molar-refractivity contribution < 1.29 is 0 Å². The van der Waals surface area contributed by atoms with E-state index >= 15 is 0 Å². The quantitative estimate of drug-likeness (QED) is 0.823. The minimum atomic E-state index is 0.710. The lowest BCUT2D eigenvalue weighted by molar-refractivity contribution is 0.609. The fourth-order valence-corrected chi connectivity index (χ4v) is 3.26. The lowest BCUT2D eigenvalue weighted by Crippen LogP contribution is -2.10. The third-order valence-corrected chi connectivity index (χ3v) is 4.08. The van der Waals surface area contributed by atoms with Gasteiger partial charge in [-0.15, -0.1) is 0 Å². The fourth-order valence-electron chi connectivity index (χ4n) is 2.15. The Morgan fingerprint density at radius 1 is 1.47 bits per heavy atom. The smallest absolute Gasteiger partial charge is 0.0522 e. The topological polar surface area (TPSA) is 54.7 Å². The maximum absolute atomic E-state index is 5.54. The van der Waals surface area contributed by atoms with Crippen molar-refractivity contribution in [2.45, 2.75) is 31.6 Å². The second kappa shape index (κ2) is 5.56. The van der Waals surface area contributed by atoms with Gasteiger partial charge in [0.25, 0.3) is 0 Å². The molecular formula is C11H19N3S. The standard InChI is InChI=1S/C11H19N3S/c12-5-1-2-10-8-13-14-11(10)9-3-6-15-7-4-9/h8-9H,1-7,12H2,(H,13,14). The van der Waals surface area contributed by atoms with Crippen LogP contribution < -0.4 is 5.73 Å². The maximum atomic E-state index is 5.54. The first-order chi connectivity index (χ1) is 7.42. The molecule has 1 aliphatic heterocycles. The van der Waals surface area contributed by atoms with E-state index in [-0.39, 0.29) is 0 Å². The summed E-state index contributed by atoms with van der Waals surface area (Å²) in [7, 11) is 0. The highest BCUT2D eigenvalue weighted by molar-refractivity contribution is 7.99. The Bertz CT molecular complexity index is 292. The number of nitrogens with zero attached hydrogens (tertiary/aromatic N) is 1. The predicted molar refractivity (Wildman–Crippen MR) is 65.3 cm³/mol. The van der Waals surface area contributed by atoms with Crippen LogP contribution in [0, 0.1) is 0 Å². The van der Waals surface area contributed by atoms with Gasteiger partial charge in [0.05, 0.1) is 6.20 Å². The lowest BCUT2D eigenvalue weighted by Gasteiger charge is -2.21. The summed E-state index contributed by atoms with van der Waals surface area (Å²) in [5.41, 5.74) is 8.30. The molecule has 0 aromatic carbocycles. The molecule has 0 atom stereocenters. The minimum Gasteiger partial charge on any atom is -0.330 e. The summed E-state index contributed by atoms with van der Waals surface area (Å²) >= 11 is 2.07. The first-order valence-corrected chi connectivity index (χ1v) is 6.87. The first kappa shape index (κ1) is 11.0. The molecule has 0 bridgehead atoms. The molecule has 2 heterocycles. The van der Waals surface area contributed by atoms with E-state index in [0.29, 0.717) is 5.92 Å². The Labute approximate surface area is 95.2 Å². The molecule has 0 radical (unpaired) electrons. The van der Waals surface area contributed by atoms with Gasteiger partial charge in [0.15, 0.2) is 0 Å². The molecule has 0 aliphatic carbocycles. The summed E-state index contributed by atoms with van der Waals surface area (Å²) in [6.07, 6.45) is 6.71. The van der Waals surface area contributed by atoms with Gasteiger partial charge in [-0.25, -0.2) is 0 Å². The molecule has 4 heteroatoms. The van der Waals surface area contributed by atoms with E-state index in [2.05, 4.69) is 22.0 Å². The summed E-state index contributed by atoms with van der Waals surface area (Å²) in [5, 5.41) is 7.36. The van der Waals surface area contributed by atoms with Crippen LogP contribution in [-0.2, 0) is 6.42 Å². The first-order valence-electron chi connectivity index (χ1n) is 5.71. The fraction of sp³-hybridized carbons (Fsp3) is 0.727. The molecule has 0 spiro atoms. The Morgan fingerprint density at radius 3 is 3.00 bits per heavy atom.